The van der Waals surface area contributed by atoms with Crippen LogP contribution in [0, 0.1) is 25.7 Å². The Balaban J connectivity index is 1.98. The number of hydrogen-bond donors (Lipinski definition) is 2. The van der Waals surface area contributed by atoms with Gasteiger partial charge in [-0.2, -0.15) is 0 Å². The number of carbonyl (C=O) groups is 2. The molecule has 1 aromatic heterocycles. The van der Waals surface area contributed by atoms with Crippen molar-refractivity contribution < 1.29 is 9.59 Å². The minimum absolute atomic E-state index is 0.0550. The summed E-state index contributed by atoms with van der Waals surface area (Å²) in [5.74, 6) is -0.249. The van der Waals surface area contributed by atoms with Crippen molar-refractivity contribution in [2.75, 3.05) is 13.1 Å². The van der Waals surface area contributed by atoms with E-state index in [1.807, 2.05) is 33.8 Å². The smallest absolute Gasteiger partial charge is 0.253 e. The van der Waals surface area contributed by atoms with Gasteiger partial charge in [0.2, 0.25) is 11.8 Å². The second-order valence-corrected chi connectivity index (χ2v) is 6.94. The summed E-state index contributed by atoms with van der Waals surface area (Å²) in [7, 11) is 0. The van der Waals surface area contributed by atoms with Gasteiger partial charge in [-0.25, -0.2) is 0 Å². The van der Waals surface area contributed by atoms with Crippen molar-refractivity contribution in [3.63, 3.8) is 0 Å². The molecule has 0 unspecified atom stereocenters. The molecule has 132 valence electrons. The average Bonchev–Trinajstić information content (AvgIpc) is 2.52. The van der Waals surface area contributed by atoms with Gasteiger partial charge in [-0.15, -0.1) is 0 Å². The van der Waals surface area contributed by atoms with E-state index >= 15 is 0 Å². The molecule has 0 saturated carbocycles. The Kier molecular flexibility index (Phi) is 5.80. The van der Waals surface area contributed by atoms with Gasteiger partial charge in [-0.1, -0.05) is 13.8 Å². The number of piperidine rings is 1. The second-order valence-electron chi connectivity index (χ2n) is 6.94. The average molecular weight is 333 g/mol. The van der Waals surface area contributed by atoms with Crippen molar-refractivity contribution in [1.82, 2.24) is 15.2 Å². The molecule has 0 spiro atoms. The number of likely N-dealkylation sites (tertiary alicyclic amines) is 1. The molecular formula is C18H27N3O3. The standard InChI is InChI=1S/C18H27N3O3/c1-11(2)18(24)21-7-5-6-14(10-21)16(22)19-9-15-12(3)8-13(4)20-17(15)23/h8,11,14H,5-7,9-10H2,1-4H3,(H,19,22)(H,20,23)/t14-/m1/s1. The van der Waals surface area contributed by atoms with E-state index in [9.17, 15) is 14.4 Å². The molecule has 0 radical (unpaired) electrons. The first-order chi connectivity index (χ1) is 11.3. The van der Waals surface area contributed by atoms with Crippen LogP contribution in [0.1, 0.15) is 43.5 Å². The third-order valence-electron chi connectivity index (χ3n) is 4.53. The number of aromatic amines is 1. The highest BCUT2D eigenvalue weighted by Crippen LogP contribution is 2.18. The van der Waals surface area contributed by atoms with Crippen LogP contribution in [0.15, 0.2) is 10.9 Å². The molecule has 6 nitrogen and oxygen atoms in total. The molecule has 6 heteroatoms. The maximum Gasteiger partial charge on any atom is 0.253 e. The van der Waals surface area contributed by atoms with Crippen LogP contribution in [0.2, 0.25) is 0 Å². The van der Waals surface area contributed by atoms with Gasteiger partial charge in [0.05, 0.1) is 5.92 Å². The number of carbonyl (C=O) groups excluding carboxylic acids is 2. The van der Waals surface area contributed by atoms with Crippen LogP contribution < -0.4 is 10.9 Å². The quantitative estimate of drug-likeness (QED) is 0.876. The highest BCUT2D eigenvalue weighted by molar-refractivity contribution is 5.82. The SMILES string of the molecule is Cc1cc(C)c(CNC(=O)[C@@H]2CCCN(C(=O)C(C)C)C2)c(=O)[nH]1. The van der Waals surface area contributed by atoms with Gasteiger partial charge < -0.3 is 15.2 Å². The highest BCUT2D eigenvalue weighted by Gasteiger charge is 2.29. The first kappa shape index (κ1) is 18.2. The predicted molar refractivity (Wildman–Crippen MR) is 92.5 cm³/mol. The van der Waals surface area contributed by atoms with Crippen LogP contribution >= 0.6 is 0 Å². The van der Waals surface area contributed by atoms with Crippen molar-refractivity contribution in [2.45, 2.75) is 47.1 Å². The van der Waals surface area contributed by atoms with E-state index in [-0.39, 0.29) is 35.8 Å². The third-order valence-corrected chi connectivity index (χ3v) is 4.53. The summed E-state index contributed by atoms with van der Waals surface area (Å²) in [5.41, 5.74) is 2.10. The van der Waals surface area contributed by atoms with Crippen molar-refractivity contribution in [3.05, 3.63) is 33.2 Å². The van der Waals surface area contributed by atoms with Gasteiger partial charge >= 0.3 is 0 Å². The lowest BCUT2D eigenvalue weighted by atomic mass is 9.96. The Labute approximate surface area is 142 Å². The number of aryl methyl sites for hydroxylation is 2. The lowest BCUT2D eigenvalue weighted by Gasteiger charge is -2.33. The Bertz CT molecular complexity index is 679. The molecule has 2 N–H and O–H groups in total. The van der Waals surface area contributed by atoms with E-state index in [4.69, 9.17) is 0 Å². The molecule has 1 aliphatic heterocycles. The zero-order valence-electron chi connectivity index (χ0n) is 14.9. The Hall–Kier alpha value is -2.11. The number of amides is 2. The summed E-state index contributed by atoms with van der Waals surface area (Å²) in [6, 6.07) is 1.90. The number of aromatic nitrogens is 1. The van der Waals surface area contributed by atoms with Gasteiger partial charge in [0.1, 0.15) is 0 Å². The maximum atomic E-state index is 12.4. The van der Waals surface area contributed by atoms with Crippen molar-refractivity contribution in [2.24, 2.45) is 11.8 Å². The molecule has 1 atom stereocenters. The zero-order valence-corrected chi connectivity index (χ0v) is 14.9. The molecule has 1 saturated heterocycles. The summed E-state index contributed by atoms with van der Waals surface area (Å²) in [6.07, 6.45) is 1.61. The number of rotatable bonds is 4. The fraction of sp³-hybridized carbons (Fsp3) is 0.611. The van der Waals surface area contributed by atoms with Crippen LogP contribution in [0.5, 0.6) is 0 Å². The van der Waals surface area contributed by atoms with Crippen LogP contribution in [-0.4, -0.2) is 34.8 Å². The van der Waals surface area contributed by atoms with Crippen molar-refractivity contribution in [1.29, 1.82) is 0 Å². The topological polar surface area (TPSA) is 82.3 Å². The number of nitrogens with zero attached hydrogens (tertiary/aromatic N) is 1. The summed E-state index contributed by atoms with van der Waals surface area (Å²) in [4.78, 5) is 41.1. The highest BCUT2D eigenvalue weighted by atomic mass is 16.2. The van der Waals surface area contributed by atoms with Gasteiger partial charge in [0.25, 0.3) is 5.56 Å². The van der Waals surface area contributed by atoms with E-state index in [0.29, 0.717) is 12.1 Å². The minimum Gasteiger partial charge on any atom is -0.352 e. The van der Waals surface area contributed by atoms with E-state index in [2.05, 4.69) is 10.3 Å². The van der Waals surface area contributed by atoms with Crippen molar-refractivity contribution in [3.8, 4) is 0 Å². The summed E-state index contributed by atoms with van der Waals surface area (Å²) < 4.78 is 0. The second kappa shape index (κ2) is 7.64. The van der Waals surface area contributed by atoms with Crippen LogP contribution in [-0.2, 0) is 16.1 Å². The van der Waals surface area contributed by atoms with Crippen LogP contribution in [0.25, 0.3) is 0 Å². The molecule has 2 heterocycles. The molecule has 1 fully saturated rings. The van der Waals surface area contributed by atoms with Gasteiger partial charge in [-0.05, 0) is 38.3 Å². The molecule has 0 aliphatic carbocycles. The first-order valence-electron chi connectivity index (χ1n) is 8.55. The minimum atomic E-state index is -0.203. The van der Waals surface area contributed by atoms with E-state index in [0.717, 1.165) is 30.6 Å². The predicted octanol–water partition coefficient (Wildman–Crippen LogP) is 1.50. The molecule has 0 bridgehead atoms. The van der Waals surface area contributed by atoms with Crippen molar-refractivity contribution >= 4 is 11.8 Å². The number of pyridine rings is 1. The van der Waals surface area contributed by atoms with E-state index < -0.39 is 0 Å². The Morgan fingerprint density at radius 1 is 1.38 bits per heavy atom. The monoisotopic (exact) mass is 333 g/mol. The first-order valence-corrected chi connectivity index (χ1v) is 8.55. The Morgan fingerprint density at radius 2 is 2.08 bits per heavy atom. The zero-order chi connectivity index (χ0) is 17.9. The maximum absolute atomic E-state index is 12.4. The fourth-order valence-electron chi connectivity index (χ4n) is 3.18. The molecule has 1 aromatic rings. The lowest BCUT2D eigenvalue weighted by molar-refractivity contribution is -0.138. The van der Waals surface area contributed by atoms with Gasteiger partial charge in [-0.3, -0.25) is 14.4 Å². The van der Waals surface area contributed by atoms with E-state index in [1.165, 1.54) is 0 Å². The molecule has 2 amide bonds. The number of nitrogens with one attached hydrogen (secondary N) is 2. The Morgan fingerprint density at radius 3 is 2.71 bits per heavy atom. The third kappa shape index (κ3) is 4.24. The number of H-pyrrole nitrogens is 1. The van der Waals surface area contributed by atoms with E-state index in [1.54, 1.807) is 4.90 Å². The molecule has 24 heavy (non-hydrogen) atoms. The van der Waals surface area contributed by atoms with Crippen LogP contribution in [0.3, 0.4) is 0 Å². The molecule has 2 rings (SSSR count). The summed E-state index contributed by atoms with van der Waals surface area (Å²) in [5, 5.41) is 2.86. The largest absolute Gasteiger partial charge is 0.352 e. The number of hydrogen-bond acceptors (Lipinski definition) is 3. The molecular weight excluding hydrogens is 306 g/mol. The summed E-state index contributed by atoms with van der Waals surface area (Å²) >= 11 is 0. The van der Waals surface area contributed by atoms with Gasteiger partial charge in [0.15, 0.2) is 0 Å². The fourth-order valence-corrected chi connectivity index (χ4v) is 3.18. The lowest BCUT2D eigenvalue weighted by Crippen LogP contribution is -2.46. The van der Waals surface area contributed by atoms with Gasteiger partial charge in [0, 0.05) is 36.8 Å². The van der Waals surface area contributed by atoms with Crippen LogP contribution in [0.4, 0.5) is 0 Å². The molecule has 0 aromatic carbocycles. The summed E-state index contributed by atoms with van der Waals surface area (Å²) in [6.45, 7) is 8.85. The molecule has 1 aliphatic rings. The normalized spacial score (nSPS) is 17.9.